The fraction of sp³-hybridized carbons (Fsp3) is 0.609. The number of hydroxylamine groups is 2. The van der Waals surface area contributed by atoms with E-state index in [0.29, 0.717) is 51.9 Å². The molecule has 1 aliphatic rings. The van der Waals surface area contributed by atoms with Gasteiger partial charge in [0.1, 0.15) is 37.5 Å². The van der Waals surface area contributed by atoms with Gasteiger partial charge in [0, 0.05) is 36.6 Å². The molecule has 0 aliphatic carbocycles. The highest BCUT2D eigenvalue weighted by Gasteiger charge is 2.35. The number of likely N-dealkylation sites (N-methyl/N-ethyl adjacent to an activating group) is 1. The largest absolute Gasteiger partial charge is 0.634 e. The molecule has 0 atom stereocenters. The number of hydrogen-bond donors (Lipinski definition) is 3. The van der Waals surface area contributed by atoms with E-state index in [9.17, 15) is 10.0 Å². The smallest absolute Gasteiger partial charge is 0.274 e. The highest BCUT2D eigenvalue weighted by atomic mass is 32.2. The summed E-state index contributed by atoms with van der Waals surface area (Å²) in [5, 5.41) is 16.2. The van der Waals surface area contributed by atoms with Gasteiger partial charge in [0.15, 0.2) is 0 Å². The van der Waals surface area contributed by atoms with Gasteiger partial charge in [-0.05, 0) is 18.2 Å². The summed E-state index contributed by atoms with van der Waals surface area (Å²) in [4.78, 5) is 24.2. The molecule has 0 unspecified atom stereocenters. The number of aromatic nitrogens is 2. The molecular weight excluding hydrogens is 456 g/mol. The molecule has 33 heavy (non-hydrogen) atoms. The van der Waals surface area contributed by atoms with E-state index < -0.39 is 0 Å². The van der Waals surface area contributed by atoms with E-state index in [1.807, 2.05) is 6.07 Å². The number of quaternary nitrogens is 2. The lowest BCUT2D eigenvalue weighted by molar-refractivity contribution is -0.950. The molecule has 1 saturated heterocycles. The third-order valence-corrected chi connectivity index (χ3v) is 7.88. The summed E-state index contributed by atoms with van der Waals surface area (Å²) in [6.45, 7) is 10.9. The van der Waals surface area contributed by atoms with Crippen LogP contribution in [0.15, 0.2) is 11.0 Å². The molecule has 8 nitrogen and oxygen atoms in total. The predicted molar refractivity (Wildman–Crippen MR) is 140 cm³/mol. The van der Waals surface area contributed by atoms with E-state index in [0.717, 1.165) is 34.1 Å². The molecule has 1 amide bonds. The minimum atomic E-state index is -0.184. The van der Waals surface area contributed by atoms with Crippen molar-refractivity contribution in [2.45, 2.75) is 44.4 Å². The Labute approximate surface area is 206 Å². The normalized spacial score (nSPS) is 21.3. The number of hydrogen-bond acceptors (Lipinski definition) is 5. The summed E-state index contributed by atoms with van der Waals surface area (Å²) < 4.78 is 0.518. The van der Waals surface area contributed by atoms with E-state index in [2.05, 4.69) is 45.0 Å². The number of amides is 1. The van der Waals surface area contributed by atoms with Crippen molar-refractivity contribution in [3.8, 4) is 0 Å². The summed E-state index contributed by atoms with van der Waals surface area (Å²) in [6.07, 6.45) is 0.978. The number of carbonyl (C=O) groups excluding carboxylic acids is 1. The molecule has 182 valence electrons. The minimum absolute atomic E-state index is 0.0795. The lowest BCUT2D eigenvalue weighted by Crippen LogP contribution is -3.11. The van der Waals surface area contributed by atoms with Crippen molar-refractivity contribution in [1.82, 2.24) is 14.9 Å². The molecule has 2 heterocycles. The Morgan fingerprint density at radius 3 is 2.55 bits per heavy atom. The highest BCUT2D eigenvalue weighted by Crippen LogP contribution is 2.38. The van der Waals surface area contributed by atoms with E-state index in [1.54, 1.807) is 30.8 Å². The van der Waals surface area contributed by atoms with Gasteiger partial charge in [-0.2, -0.15) is 0 Å². The number of fused-ring (bicyclic) bond motifs is 1. The summed E-state index contributed by atoms with van der Waals surface area (Å²) in [7, 11) is 5.60. The van der Waals surface area contributed by atoms with Crippen molar-refractivity contribution < 1.29 is 14.3 Å². The number of rotatable bonds is 5. The number of H-pyrrole nitrogens is 1. The zero-order chi connectivity index (χ0) is 24.6. The zero-order valence-corrected chi connectivity index (χ0v) is 22.4. The number of carbonyl (C=O) groups is 1. The molecule has 2 aromatic rings. The molecule has 0 saturated carbocycles. The third kappa shape index (κ3) is 5.51. The van der Waals surface area contributed by atoms with Gasteiger partial charge in [-0.1, -0.05) is 27.7 Å². The van der Waals surface area contributed by atoms with Crippen molar-refractivity contribution in [3.63, 3.8) is 0 Å². The lowest BCUT2D eigenvalue weighted by atomic mass is 9.96. The Morgan fingerprint density at radius 1 is 1.36 bits per heavy atom. The second kappa shape index (κ2) is 9.87. The van der Waals surface area contributed by atoms with Crippen LogP contribution in [0.2, 0.25) is 0 Å². The second-order valence-corrected chi connectivity index (χ2v) is 11.7. The number of thioether (sulfide) groups is 1. The lowest BCUT2D eigenvalue weighted by Gasteiger charge is -2.40. The molecule has 3 N–H and O–H groups in total. The maximum Gasteiger partial charge on any atom is 0.274 e. The van der Waals surface area contributed by atoms with Gasteiger partial charge in [-0.25, -0.2) is 4.98 Å². The van der Waals surface area contributed by atoms with E-state index in [1.165, 1.54) is 0 Å². The summed E-state index contributed by atoms with van der Waals surface area (Å²) in [5.74, 6) is 1.63. The Bertz CT molecular complexity index is 1040. The molecule has 1 fully saturated rings. The Kier molecular flexibility index (Phi) is 7.75. The van der Waals surface area contributed by atoms with Crippen LogP contribution in [-0.2, 0) is 5.41 Å². The molecular formula is C23H37N6O2S2+. The molecule has 0 spiro atoms. The number of piperazine rings is 1. The topological polar surface area (TPSA) is 88.5 Å². The molecule has 0 radical (unpaired) electrons. The third-order valence-electron chi connectivity index (χ3n) is 6.01. The first-order valence-corrected chi connectivity index (χ1v) is 12.9. The molecule has 0 bridgehead atoms. The maximum atomic E-state index is 13.4. The van der Waals surface area contributed by atoms with E-state index in [4.69, 9.17) is 17.2 Å². The first kappa shape index (κ1) is 25.9. The number of imidazole rings is 1. The number of nitrogens with zero attached hydrogens (tertiary/aromatic N) is 3. The number of benzene rings is 1. The summed E-state index contributed by atoms with van der Waals surface area (Å²) in [6, 6.07) is 2.02. The quantitative estimate of drug-likeness (QED) is 0.257. The van der Waals surface area contributed by atoms with E-state index in [-0.39, 0.29) is 11.3 Å². The Hall–Kier alpha value is -1.72. The molecule has 1 aliphatic heterocycles. The van der Waals surface area contributed by atoms with Crippen molar-refractivity contribution >= 4 is 51.7 Å². The number of nitrogens with one attached hydrogen (secondary N) is 3. The average Bonchev–Trinajstić information content (AvgIpc) is 3.17. The van der Waals surface area contributed by atoms with Gasteiger partial charge < -0.3 is 25.5 Å². The minimum Gasteiger partial charge on any atom is -0.634 e. The van der Waals surface area contributed by atoms with Crippen molar-refractivity contribution in [3.05, 3.63) is 22.7 Å². The summed E-state index contributed by atoms with van der Waals surface area (Å²) in [5.41, 5.74) is 2.74. The van der Waals surface area contributed by atoms with Gasteiger partial charge in [-0.15, -0.1) is 11.8 Å². The van der Waals surface area contributed by atoms with Crippen LogP contribution in [0.3, 0.4) is 0 Å². The Balaban J connectivity index is 2.16. The van der Waals surface area contributed by atoms with Crippen LogP contribution in [0.1, 0.15) is 50.3 Å². The molecule has 1 aromatic carbocycles. The van der Waals surface area contributed by atoms with Crippen LogP contribution in [0.5, 0.6) is 0 Å². The van der Waals surface area contributed by atoms with Crippen molar-refractivity contribution in [1.29, 1.82) is 0 Å². The number of anilines is 1. The van der Waals surface area contributed by atoms with Gasteiger partial charge in [0.25, 0.3) is 11.0 Å². The monoisotopic (exact) mass is 493 g/mol. The number of aromatic amines is 1. The molecule has 3 rings (SSSR count). The van der Waals surface area contributed by atoms with Crippen LogP contribution in [-0.4, -0.2) is 83.4 Å². The van der Waals surface area contributed by atoms with Crippen molar-refractivity contribution in [2.24, 2.45) is 0 Å². The SMILES string of the molecule is CCCSc1c(NC(=S)[N+]2(C)CC[NH+]([O-])CC2)cc2[nH]c(C(C)(C)C)nc2c1C(=O)N(C)C. The van der Waals surface area contributed by atoms with Crippen molar-refractivity contribution in [2.75, 3.05) is 58.4 Å². The summed E-state index contributed by atoms with van der Waals surface area (Å²) >= 11 is 7.50. The van der Waals surface area contributed by atoms with Gasteiger partial charge in [-0.3, -0.25) is 9.28 Å². The molecule has 10 heteroatoms. The first-order valence-electron chi connectivity index (χ1n) is 11.5. The van der Waals surface area contributed by atoms with Crippen LogP contribution in [0.25, 0.3) is 11.0 Å². The molecule has 1 aromatic heterocycles. The standard InChI is InChI=1S/C23H36N6O2S2/c1-8-13-33-19-16(25-22(32)29(7)11-9-28(31)10-12-29)14-15-18(17(19)20(30)27(5)6)26-21(24-15)23(2,3)4/h14,28H,8-13H2,1-7H3,(H-,24,25,26,30,32)/p+1. The number of thiocarbonyl (C=S) groups is 1. The van der Waals surface area contributed by atoms with Crippen LogP contribution in [0.4, 0.5) is 5.69 Å². The fourth-order valence-electron chi connectivity index (χ4n) is 3.79. The Morgan fingerprint density at radius 2 is 2.00 bits per heavy atom. The van der Waals surface area contributed by atoms with Crippen LogP contribution >= 0.6 is 24.0 Å². The second-order valence-electron chi connectivity index (χ2n) is 10.2. The van der Waals surface area contributed by atoms with Gasteiger partial charge in [0.2, 0.25) is 0 Å². The average molecular weight is 494 g/mol. The first-order chi connectivity index (χ1) is 15.4. The zero-order valence-electron chi connectivity index (χ0n) is 20.8. The van der Waals surface area contributed by atoms with Crippen LogP contribution < -0.4 is 10.4 Å². The highest BCUT2D eigenvalue weighted by molar-refractivity contribution is 7.99. The fourth-order valence-corrected chi connectivity index (χ4v) is 5.09. The van der Waals surface area contributed by atoms with Gasteiger partial charge in [0.05, 0.1) is 23.8 Å². The van der Waals surface area contributed by atoms with E-state index >= 15 is 0 Å². The van der Waals surface area contributed by atoms with Crippen LogP contribution in [0, 0.1) is 5.21 Å². The van der Waals surface area contributed by atoms with Gasteiger partial charge >= 0.3 is 0 Å². The maximum absolute atomic E-state index is 13.4. The predicted octanol–water partition coefficient (Wildman–Crippen LogP) is 2.60.